The lowest BCUT2D eigenvalue weighted by molar-refractivity contribution is -0.145. The van der Waals surface area contributed by atoms with E-state index in [0.29, 0.717) is 0 Å². The van der Waals surface area contributed by atoms with Gasteiger partial charge in [0, 0.05) is 0 Å². The molecular formula is C11H9ClFNO5. The number of halogens is 2. The summed E-state index contributed by atoms with van der Waals surface area (Å²) in [5.74, 6) is -4.70. The first-order valence-electron chi connectivity index (χ1n) is 5.02. The van der Waals surface area contributed by atoms with Crippen LogP contribution >= 0.6 is 11.6 Å². The first-order chi connectivity index (χ1) is 8.82. The molecule has 0 saturated heterocycles. The molecule has 6 nitrogen and oxygen atoms in total. The van der Waals surface area contributed by atoms with Crippen LogP contribution in [0.5, 0.6) is 0 Å². The van der Waals surface area contributed by atoms with E-state index in [1.807, 2.05) is 5.32 Å². The monoisotopic (exact) mass is 289 g/mol. The Hall–Kier alpha value is -2.15. The van der Waals surface area contributed by atoms with Crippen LogP contribution in [0.3, 0.4) is 0 Å². The number of carboxylic acids is 2. The lowest BCUT2D eigenvalue weighted by Crippen LogP contribution is -2.42. The van der Waals surface area contributed by atoms with Crippen LogP contribution < -0.4 is 5.32 Å². The topological polar surface area (TPSA) is 104 Å². The highest BCUT2D eigenvalue weighted by Crippen LogP contribution is 2.19. The Kier molecular flexibility index (Phi) is 4.82. The molecule has 0 aromatic heterocycles. The maximum atomic E-state index is 13.1. The zero-order chi connectivity index (χ0) is 14.6. The highest BCUT2D eigenvalue weighted by molar-refractivity contribution is 6.34. The van der Waals surface area contributed by atoms with Gasteiger partial charge in [-0.15, -0.1) is 0 Å². The molecule has 0 aliphatic carbocycles. The number of rotatable bonds is 5. The molecular weight excluding hydrogens is 281 g/mol. The van der Waals surface area contributed by atoms with Crippen molar-refractivity contribution in [3.63, 3.8) is 0 Å². The van der Waals surface area contributed by atoms with Gasteiger partial charge in [0.25, 0.3) is 5.91 Å². The lowest BCUT2D eigenvalue weighted by atomic mass is 10.1. The first-order valence-corrected chi connectivity index (χ1v) is 5.40. The molecule has 0 aliphatic heterocycles. The van der Waals surface area contributed by atoms with Gasteiger partial charge < -0.3 is 15.5 Å². The molecule has 0 unspecified atom stereocenters. The Labute approximate surface area is 111 Å². The van der Waals surface area contributed by atoms with E-state index in [9.17, 15) is 18.8 Å². The van der Waals surface area contributed by atoms with Crippen LogP contribution in [-0.2, 0) is 9.59 Å². The lowest BCUT2D eigenvalue weighted by Gasteiger charge is -2.13. The van der Waals surface area contributed by atoms with E-state index in [1.165, 1.54) is 12.1 Å². The summed E-state index contributed by atoms with van der Waals surface area (Å²) in [6.07, 6.45) is -0.798. The minimum absolute atomic E-state index is 0.265. The molecule has 1 amide bonds. The second-order valence-electron chi connectivity index (χ2n) is 3.56. The number of benzene rings is 1. The molecule has 0 aliphatic rings. The number of hydrogen-bond donors (Lipinski definition) is 3. The van der Waals surface area contributed by atoms with Crippen LogP contribution in [0.25, 0.3) is 0 Å². The number of carbonyl (C=O) groups excluding carboxylic acids is 1. The normalized spacial score (nSPS) is 11.7. The molecule has 0 radical (unpaired) electrons. The van der Waals surface area contributed by atoms with E-state index in [1.54, 1.807) is 0 Å². The number of hydrogen-bond acceptors (Lipinski definition) is 3. The molecule has 102 valence electrons. The van der Waals surface area contributed by atoms with Gasteiger partial charge in [-0.3, -0.25) is 9.59 Å². The fraction of sp³-hybridized carbons (Fsp3) is 0.182. The Morgan fingerprint density at radius 2 is 1.95 bits per heavy atom. The van der Waals surface area contributed by atoms with Gasteiger partial charge in [-0.05, 0) is 12.1 Å². The minimum Gasteiger partial charge on any atom is -0.481 e. The second-order valence-corrected chi connectivity index (χ2v) is 3.94. The average Bonchev–Trinajstić information content (AvgIpc) is 2.31. The van der Waals surface area contributed by atoms with E-state index in [-0.39, 0.29) is 5.56 Å². The maximum absolute atomic E-state index is 13.1. The first kappa shape index (κ1) is 14.9. The Morgan fingerprint density at radius 3 is 2.47 bits per heavy atom. The molecule has 19 heavy (non-hydrogen) atoms. The summed E-state index contributed by atoms with van der Waals surface area (Å²) in [5.41, 5.74) is -0.265. The largest absolute Gasteiger partial charge is 0.481 e. The quantitative estimate of drug-likeness (QED) is 0.754. The predicted molar refractivity (Wildman–Crippen MR) is 62.6 cm³/mol. The molecule has 1 atom stereocenters. The smallest absolute Gasteiger partial charge is 0.326 e. The van der Waals surface area contributed by atoms with Gasteiger partial charge >= 0.3 is 11.9 Å². The van der Waals surface area contributed by atoms with Crippen LogP contribution in [0.1, 0.15) is 16.8 Å². The van der Waals surface area contributed by atoms with Gasteiger partial charge in [0.05, 0.1) is 17.0 Å². The predicted octanol–water partition coefficient (Wildman–Crippen LogP) is 1.14. The number of aliphatic carboxylic acids is 2. The number of carboxylic acid groups (broad SMARTS) is 2. The molecule has 0 saturated carbocycles. The van der Waals surface area contributed by atoms with Crippen molar-refractivity contribution < 1.29 is 29.0 Å². The van der Waals surface area contributed by atoms with Crippen molar-refractivity contribution in [2.24, 2.45) is 0 Å². The van der Waals surface area contributed by atoms with Crippen LogP contribution in [0.2, 0.25) is 5.02 Å². The van der Waals surface area contributed by atoms with Crippen molar-refractivity contribution >= 4 is 29.4 Å². The molecule has 1 aromatic rings. The molecule has 8 heteroatoms. The Morgan fingerprint density at radius 1 is 1.32 bits per heavy atom. The van der Waals surface area contributed by atoms with Crippen LogP contribution in [0, 0.1) is 5.82 Å². The third-order valence-electron chi connectivity index (χ3n) is 2.18. The van der Waals surface area contributed by atoms with Gasteiger partial charge in [-0.1, -0.05) is 17.7 Å². The molecule has 0 bridgehead atoms. The highest BCUT2D eigenvalue weighted by atomic mass is 35.5. The standard InChI is InChI=1S/C11H9ClFNO5/c12-9-5(2-1-3-6(9)13)10(17)14-7(11(18)19)4-8(15)16/h1-3,7H,4H2,(H,14,17)(H,15,16)(H,18,19)/t7-/m0/s1. The summed E-state index contributed by atoms with van der Waals surface area (Å²) in [7, 11) is 0. The number of carbonyl (C=O) groups is 3. The zero-order valence-electron chi connectivity index (χ0n) is 9.39. The highest BCUT2D eigenvalue weighted by Gasteiger charge is 2.24. The van der Waals surface area contributed by atoms with Crippen molar-refractivity contribution in [1.29, 1.82) is 0 Å². The fourth-order valence-electron chi connectivity index (χ4n) is 1.29. The van der Waals surface area contributed by atoms with Gasteiger partial charge in [-0.25, -0.2) is 9.18 Å². The van der Waals surface area contributed by atoms with Crippen LogP contribution in [0.4, 0.5) is 4.39 Å². The third-order valence-corrected chi connectivity index (χ3v) is 2.56. The Balaban J connectivity index is 2.91. The summed E-state index contributed by atoms with van der Waals surface area (Å²) in [6.45, 7) is 0. The van der Waals surface area contributed by atoms with Crippen molar-refractivity contribution in [2.75, 3.05) is 0 Å². The van der Waals surface area contributed by atoms with Gasteiger partial charge in [0.1, 0.15) is 11.9 Å². The molecule has 0 spiro atoms. The van der Waals surface area contributed by atoms with E-state index in [0.717, 1.165) is 6.07 Å². The molecule has 0 heterocycles. The molecule has 1 rings (SSSR count). The average molecular weight is 290 g/mol. The molecule has 3 N–H and O–H groups in total. The summed E-state index contributed by atoms with van der Waals surface area (Å²) in [5, 5.41) is 18.8. The van der Waals surface area contributed by atoms with Crippen molar-refractivity contribution in [3.05, 3.63) is 34.6 Å². The van der Waals surface area contributed by atoms with E-state index in [4.69, 9.17) is 21.8 Å². The minimum atomic E-state index is -1.62. The maximum Gasteiger partial charge on any atom is 0.326 e. The second kappa shape index (κ2) is 6.14. The van der Waals surface area contributed by atoms with Crippen LogP contribution in [-0.4, -0.2) is 34.1 Å². The summed E-state index contributed by atoms with van der Waals surface area (Å²) in [6, 6.07) is 1.83. The molecule has 1 aromatic carbocycles. The van der Waals surface area contributed by atoms with E-state index < -0.39 is 41.1 Å². The third kappa shape index (κ3) is 3.92. The Bertz CT molecular complexity index is 534. The van der Waals surface area contributed by atoms with Crippen LogP contribution in [0.15, 0.2) is 18.2 Å². The zero-order valence-corrected chi connectivity index (χ0v) is 10.1. The van der Waals surface area contributed by atoms with E-state index in [2.05, 4.69) is 0 Å². The molecule has 0 fully saturated rings. The summed E-state index contributed by atoms with van der Waals surface area (Å²) in [4.78, 5) is 32.9. The van der Waals surface area contributed by atoms with Gasteiger partial charge in [-0.2, -0.15) is 0 Å². The fourth-order valence-corrected chi connectivity index (χ4v) is 1.50. The summed E-state index contributed by atoms with van der Waals surface area (Å²) >= 11 is 5.56. The van der Waals surface area contributed by atoms with Gasteiger partial charge in [0.15, 0.2) is 0 Å². The number of nitrogens with one attached hydrogen (secondary N) is 1. The van der Waals surface area contributed by atoms with Crippen molar-refractivity contribution in [2.45, 2.75) is 12.5 Å². The van der Waals surface area contributed by atoms with Crippen molar-refractivity contribution in [3.8, 4) is 0 Å². The summed E-state index contributed by atoms with van der Waals surface area (Å²) < 4.78 is 13.1. The number of amides is 1. The van der Waals surface area contributed by atoms with Crippen molar-refractivity contribution in [1.82, 2.24) is 5.32 Å². The SMILES string of the molecule is O=C(O)C[C@H](NC(=O)c1cccc(F)c1Cl)C(=O)O. The van der Waals surface area contributed by atoms with Gasteiger partial charge in [0.2, 0.25) is 0 Å². The van der Waals surface area contributed by atoms with E-state index >= 15 is 0 Å².